The predicted octanol–water partition coefficient (Wildman–Crippen LogP) is 2.59. The summed E-state index contributed by atoms with van der Waals surface area (Å²) in [5, 5.41) is 3.67. The first-order valence-corrected chi connectivity index (χ1v) is 7.20. The monoisotopic (exact) mass is 425 g/mol. The van der Waals surface area contributed by atoms with Gasteiger partial charge in [0.2, 0.25) is 0 Å². The van der Waals surface area contributed by atoms with E-state index in [2.05, 4.69) is 17.2 Å². The molecule has 0 saturated carbocycles. The lowest BCUT2D eigenvalue weighted by molar-refractivity contribution is 0.171. The smallest absolute Gasteiger partial charge is 0.188 e. The van der Waals surface area contributed by atoms with Crippen LogP contribution in [0.2, 0.25) is 5.02 Å². The molecule has 0 fully saturated rings. The largest absolute Gasteiger partial charge is 0.486 e. The van der Waals surface area contributed by atoms with Crippen LogP contribution in [0.25, 0.3) is 0 Å². The molecule has 0 spiro atoms. The molecule has 118 valence electrons. The van der Waals surface area contributed by atoms with E-state index in [9.17, 15) is 0 Å². The minimum absolute atomic E-state index is 0. The third kappa shape index (κ3) is 5.43. The Morgan fingerprint density at radius 3 is 2.90 bits per heavy atom. The Balaban J connectivity index is 0.00000220. The number of halogens is 2. The Morgan fingerprint density at radius 2 is 2.14 bits per heavy atom. The molecule has 2 rings (SSSR count). The highest BCUT2D eigenvalue weighted by molar-refractivity contribution is 14.0. The number of nitrogens with one attached hydrogen (secondary N) is 1. The van der Waals surface area contributed by atoms with Gasteiger partial charge in [0.1, 0.15) is 13.2 Å². The molecule has 1 heterocycles. The van der Waals surface area contributed by atoms with Crippen molar-refractivity contribution in [3.63, 3.8) is 0 Å². The van der Waals surface area contributed by atoms with E-state index in [4.69, 9.17) is 26.8 Å². The van der Waals surface area contributed by atoms with E-state index in [0.717, 1.165) is 24.9 Å². The standard InChI is InChI=1S/C14H20ClN3O2.HI/c1-2-4-17-14(16)18-5-3-10-8-11(15)13-12(9-10)19-6-7-20-13;/h8-9H,2-7H2,1H3,(H3,16,17,18);1H. The van der Waals surface area contributed by atoms with Crippen LogP contribution in [0.3, 0.4) is 0 Å². The van der Waals surface area contributed by atoms with Gasteiger partial charge in [-0.2, -0.15) is 0 Å². The highest BCUT2D eigenvalue weighted by atomic mass is 127. The lowest BCUT2D eigenvalue weighted by Crippen LogP contribution is -2.33. The van der Waals surface area contributed by atoms with Crippen LogP contribution < -0.4 is 20.5 Å². The van der Waals surface area contributed by atoms with E-state index >= 15 is 0 Å². The van der Waals surface area contributed by atoms with Gasteiger partial charge in [-0.05, 0) is 30.5 Å². The highest BCUT2D eigenvalue weighted by Crippen LogP contribution is 2.38. The van der Waals surface area contributed by atoms with Crippen LogP contribution in [-0.4, -0.2) is 32.3 Å². The van der Waals surface area contributed by atoms with Crippen LogP contribution in [0.5, 0.6) is 11.5 Å². The van der Waals surface area contributed by atoms with E-state index in [1.54, 1.807) is 0 Å². The zero-order valence-electron chi connectivity index (χ0n) is 12.0. The fourth-order valence-corrected chi connectivity index (χ4v) is 2.22. The summed E-state index contributed by atoms with van der Waals surface area (Å²) in [4.78, 5) is 4.17. The van der Waals surface area contributed by atoms with Crippen LogP contribution in [0.4, 0.5) is 0 Å². The fourth-order valence-electron chi connectivity index (χ4n) is 1.93. The molecule has 5 nitrogen and oxygen atoms in total. The molecule has 0 saturated heterocycles. The third-order valence-electron chi connectivity index (χ3n) is 2.88. The maximum Gasteiger partial charge on any atom is 0.188 e. The van der Waals surface area contributed by atoms with Crippen molar-refractivity contribution in [3.8, 4) is 11.5 Å². The van der Waals surface area contributed by atoms with Crippen LogP contribution >= 0.6 is 35.6 Å². The third-order valence-corrected chi connectivity index (χ3v) is 3.16. The topological polar surface area (TPSA) is 68.9 Å². The molecule has 0 atom stereocenters. The van der Waals surface area contributed by atoms with Crippen molar-refractivity contribution in [1.29, 1.82) is 0 Å². The lowest BCUT2D eigenvalue weighted by Gasteiger charge is -2.20. The van der Waals surface area contributed by atoms with Crippen molar-refractivity contribution in [1.82, 2.24) is 5.32 Å². The summed E-state index contributed by atoms with van der Waals surface area (Å²) in [6, 6.07) is 3.86. The van der Waals surface area contributed by atoms with Gasteiger partial charge in [0.25, 0.3) is 0 Å². The Bertz CT molecular complexity index is 497. The van der Waals surface area contributed by atoms with E-state index in [0.29, 0.717) is 42.2 Å². The summed E-state index contributed by atoms with van der Waals surface area (Å²) in [6.45, 7) is 4.61. The number of benzene rings is 1. The molecule has 0 aromatic heterocycles. The molecule has 1 aromatic carbocycles. The van der Waals surface area contributed by atoms with Gasteiger partial charge in [0.15, 0.2) is 17.5 Å². The van der Waals surface area contributed by atoms with E-state index in [1.807, 2.05) is 12.1 Å². The van der Waals surface area contributed by atoms with Crippen molar-refractivity contribution >= 4 is 41.5 Å². The molecule has 0 bridgehead atoms. The first-order valence-electron chi connectivity index (χ1n) is 6.82. The molecule has 0 radical (unpaired) electrons. The van der Waals surface area contributed by atoms with Crippen LogP contribution in [0.1, 0.15) is 18.9 Å². The SMILES string of the molecule is CCCN=C(N)NCCc1cc(Cl)c2c(c1)OCCO2.I. The van der Waals surface area contributed by atoms with Gasteiger partial charge in [-0.3, -0.25) is 4.99 Å². The van der Waals surface area contributed by atoms with Crippen molar-refractivity contribution in [2.45, 2.75) is 19.8 Å². The van der Waals surface area contributed by atoms with Crippen LogP contribution in [0, 0.1) is 0 Å². The number of hydrogen-bond acceptors (Lipinski definition) is 3. The Labute approximate surface area is 147 Å². The van der Waals surface area contributed by atoms with Crippen LogP contribution in [-0.2, 0) is 6.42 Å². The number of aliphatic imine (C=N–C) groups is 1. The number of guanidine groups is 1. The van der Waals surface area contributed by atoms with Gasteiger partial charge in [-0.25, -0.2) is 0 Å². The molecule has 7 heteroatoms. The van der Waals surface area contributed by atoms with Crippen molar-refractivity contribution in [2.24, 2.45) is 10.7 Å². The summed E-state index contributed by atoms with van der Waals surface area (Å²) < 4.78 is 11.0. The summed E-state index contributed by atoms with van der Waals surface area (Å²) in [5.41, 5.74) is 6.81. The van der Waals surface area contributed by atoms with Gasteiger partial charge in [0.05, 0.1) is 5.02 Å². The average Bonchev–Trinajstić information content (AvgIpc) is 2.45. The van der Waals surface area contributed by atoms with Crippen molar-refractivity contribution < 1.29 is 9.47 Å². The average molecular weight is 426 g/mol. The van der Waals surface area contributed by atoms with Gasteiger partial charge in [-0.1, -0.05) is 18.5 Å². The molecular weight excluding hydrogens is 405 g/mol. The summed E-state index contributed by atoms with van der Waals surface area (Å²) >= 11 is 6.18. The molecule has 0 unspecified atom stereocenters. The number of nitrogens with zero attached hydrogens (tertiary/aromatic N) is 1. The molecule has 1 aliphatic heterocycles. The summed E-state index contributed by atoms with van der Waals surface area (Å²) in [7, 11) is 0. The van der Waals surface area contributed by atoms with Gasteiger partial charge >= 0.3 is 0 Å². The molecule has 1 aromatic rings. The lowest BCUT2D eigenvalue weighted by atomic mass is 10.1. The quantitative estimate of drug-likeness (QED) is 0.432. The molecule has 0 amide bonds. The second-order valence-corrected chi connectivity index (χ2v) is 4.95. The number of hydrogen-bond donors (Lipinski definition) is 2. The van der Waals surface area contributed by atoms with Gasteiger partial charge < -0.3 is 20.5 Å². The van der Waals surface area contributed by atoms with Crippen molar-refractivity contribution in [3.05, 3.63) is 22.7 Å². The predicted molar refractivity (Wildman–Crippen MR) is 96.3 cm³/mol. The second kappa shape index (κ2) is 9.19. The summed E-state index contributed by atoms with van der Waals surface area (Å²) in [6.07, 6.45) is 1.78. The molecule has 3 N–H and O–H groups in total. The maximum absolute atomic E-state index is 6.18. The first-order chi connectivity index (χ1) is 9.70. The minimum Gasteiger partial charge on any atom is -0.486 e. The van der Waals surface area contributed by atoms with E-state index < -0.39 is 0 Å². The number of ether oxygens (including phenoxy) is 2. The van der Waals surface area contributed by atoms with E-state index in [1.165, 1.54) is 0 Å². The van der Waals surface area contributed by atoms with Crippen LogP contribution in [0.15, 0.2) is 17.1 Å². The zero-order valence-corrected chi connectivity index (χ0v) is 15.1. The minimum atomic E-state index is 0. The highest BCUT2D eigenvalue weighted by Gasteiger charge is 2.16. The number of nitrogens with two attached hydrogens (primary N) is 1. The van der Waals surface area contributed by atoms with Gasteiger partial charge in [0, 0.05) is 13.1 Å². The number of rotatable bonds is 5. The van der Waals surface area contributed by atoms with Gasteiger partial charge in [-0.15, -0.1) is 24.0 Å². The molecular formula is C14H21ClIN3O2. The first kappa shape index (κ1) is 18.2. The molecule has 1 aliphatic rings. The van der Waals surface area contributed by atoms with E-state index in [-0.39, 0.29) is 24.0 Å². The summed E-state index contributed by atoms with van der Waals surface area (Å²) in [5.74, 6) is 1.83. The Morgan fingerprint density at radius 1 is 1.38 bits per heavy atom. The normalized spacial score (nSPS) is 13.5. The maximum atomic E-state index is 6.18. The second-order valence-electron chi connectivity index (χ2n) is 4.55. The Kier molecular flexibility index (Phi) is 7.95. The number of fused-ring (bicyclic) bond motifs is 1. The molecule has 0 aliphatic carbocycles. The zero-order chi connectivity index (χ0) is 14.4. The Hall–Kier alpha value is -0.890. The van der Waals surface area contributed by atoms with Crippen molar-refractivity contribution in [2.75, 3.05) is 26.3 Å². The molecule has 21 heavy (non-hydrogen) atoms. The fraction of sp³-hybridized carbons (Fsp3) is 0.500.